The monoisotopic (exact) mass is 218 g/mol. The van der Waals surface area contributed by atoms with E-state index in [2.05, 4.69) is 13.8 Å². The van der Waals surface area contributed by atoms with Gasteiger partial charge < -0.3 is 0 Å². The van der Waals surface area contributed by atoms with Gasteiger partial charge in [0.25, 0.3) is 0 Å². The Morgan fingerprint density at radius 1 is 1.08 bits per heavy atom. The van der Waals surface area contributed by atoms with E-state index < -0.39 is 0 Å². The van der Waals surface area contributed by atoms with Crippen LogP contribution in [0, 0.1) is 0 Å². The van der Waals surface area contributed by atoms with Crippen molar-refractivity contribution in [3.8, 4) is 0 Å². The molecule has 1 rings (SSSR count). The Labute approximate surface area is 90.9 Å². The summed E-state index contributed by atoms with van der Waals surface area (Å²) in [6.45, 7) is 8.21. The van der Waals surface area contributed by atoms with Crippen LogP contribution in [0.4, 0.5) is 0 Å². The molecule has 0 aromatic heterocycles. The van der Waals surface area contributed by atoms with Crippen molar-refractivity contribution >= 4 is 23.2 Å². The molecule has 2 heteroatoms. The average Bonchev–Trinajstić information content (AvgIpc) is 2.07. The van der Waals surface area contributed by atoms with Crippen molar-refractivity contribution in [1.29, 1.82) is 0 Å². The van der Waals surface area contributed by atoms with Crippen molar-refractivity contribution in [2.75, 3.05) is 0 Å². The molecular formula is C11H16Cl2. The zero-order valence-corrected chi connectivity index (χ0v) is 10.1. The molecule has 0 fully saturated rings. The van der Waals surface area contributed by atoms with E-state index in [4.69, 9.17) is 23.2 Å². The van der Waals surface area contributed by atoms with Crippen molar-refractivity contribution in [2.24, 2.45) is 0 Å². The molecule has 0 aliphatic rings. The third-order valence-electron chi connectivity index (χ3n) is 1.58. The summed E-state index contributed by atoms with van der Waals surface area (Å²) in [5, 5.41) is 1.45. The topological polar surface area (TPSA) is 0 Å². The zero-order chi connectivity index (χ0) is 10.4. The lowest BCUT2D eigenvalue weighted by molar-refractivity contribution is 0.867. The largest absolute Gasteiger partial charge is 0.0843 e. The van der Waals surface area contributed by atoms with Crippen LogP contribution < -0.4 is 0 Å². The second kappa shape index (κ2) is 6.28. The third kappa shape index (κ3) is 4.02. The molecule has 0 aliphatic heterocycles. The highest BCUT2D eigenvalue weighted by molar-refractivity contribution is 6.35. The summed E-state index contributed by atoms with van der Waals surface area (Å²) in [5.74, 6) is 0.458. The number of hydrogen-bond donors (Lipinski definition) is 0. The van der Waals surface area contributed by atoms with Crippen LogP contribution in [-0.4, -0.2) is 0 Å². The highest BCUT2D eigenvalue weighted by Gasteiger charge is 2.03. The summed E-state index contributed by atoms with van der Waals surface area (Å²) in [4.78, 5) is 0. The van der Waals surface area contributed by atoms with E-state index in [1.807, 2.05) is 26.0 Å². The predicted octanol–water partition coefficient (Wildman–Crippen LogP) is 5.14. The fourth-order valence-electron chi connectivity index (χ4n) is 0.970. The predicted molar refractivity (Wildman–Crippen MR) is 61.9 cm³/mol. The second-order valence-electron chi connectivity index (χ2n) is 2.82. The summed E-state index contributed by atoms with van der Waals surface area (Å²) in [7, 11) is 0. The third-order valence-corrected chi connectivity index (χ3v) is 2.15. The van der Waals surface area contributed by atoms with Gasteiger partial charge in [-0.15, -0.1) is 0 Å². The van der Waals surface area contributed by atoms with Gasteiger partial charge in [0, 0.05) is 10.0 Å². The molecular weight excluding hydrogens is 203 g/mol. The van der Waals surface area contributed by atoms with E-state index in [0.717, 1.165) is 10.6 Å². The van der Waals surface area contributed by atoms with Gasteiger partial charge in [-0.2, -0.15) is 0 Å². The van der Waals surface area contributed by atoms with Gasteiger partial charge in [0.2, 0.25) is 0 Å². The minimum absolute atomic E-state index is 0.458. The highest BCUT2D eigenvalue weighted by Crippen LogP contribution is 2.26. The van der Waals surface area contributed by atoms with Crippen molar-refractivity contribution in [1.82, 2.24) is 0 Å². The van der Waals surface area contributed by atoms with Crippen molar-refractivity contribution in [2.45, 2.75) is 33.6 Å². The van der Waals surface area contributed by atoms with Crippen LogP contribution in [0.3, 0.4) is 0 Å². The lowest BCUT2D eigenvalue weighted by Gasteiger charge is -2.06. The van der Waals surface area contributed by atoms with E-state index in [1.165, 1.54) is 0 Å². The normalized spacial score (nSPS) is 9.46. The fourth-order valence-corrected chi connectivity index (χ4v) is 1.60. The quantitative estimate of drug-likeness (QED) is 0.613. The molecule has 0 radical (unpaired) electrons. The van der Waals surface area contributed by atoms with E-state index in [1.54, 1.807) is 6.07 Å². The first kappa shape index (κ1) is 12.8. The molecule has 0 saturated heterocycles. The van der Waals surface area contributed by atoms with Crippen LogP contribution in [0.15, 0.2) is 18.2 Å². The van der Waals surface area contributed by atoms with Crippen LogP contribution in [-0.2, 0) is 0 Å². The SMILES string of the molecule is CC.CC(C)c1ccc(Cl)cc1Cl. The molecule has 0 N–H and O–H groups in total. The summed E-state index contributed by atoms with van der Waals surface area (Å²) in [5.41, 5.74) is 1.15. The summed E-state index contributed by atoms with van der Waals surface area (Å²) < 4.78 is 0. The first-order chi connectivity index (χ1) is 6.11. The van der Waals surface area contributed by atoms with E-state index in [0.29, 0.717) is 10.9 Å². The van der Waals surface area contributed by atoms with Crippen molar-refractivity contribution in [3.05, 3.63) is 33.8 Å². The van der Waals surface area contributed by atoms with Gasteiger partial charge >= 0.3 is 0 Å². The van der Waals surface area contributed by atoms with Gasteiger partial charge in [0.15, 0.2) is 0 Å². The Hall–Kier alpha value is -0.200. The molecule has 1 aromatic carbocycles. The minimum Gasteiger partial charge on any atom is -0.0843 e. The van der Waals surface area contributed by atoms with Crippen LogP contribution in [0.2, 0.25) is 10.0 Å². The van der Waals surface area contributed by atoms with E-state index in [-0.39, 0.29) is 0 Å². The fraction of sp³-hybridized carbons (Fsp3) is 0.455. The highest BCUT2D eigenvalue weighted by atomic mass is 35.5. The minimum atomic E-state index is 0.458. The molecule has 13 heavy (non-hydrogen) atoms. The van der Waals surface area contributed by atoms with Crippen LogP contribution in [0.1, 0.15) is 39.2 Å². The zero-order valence-electron chi connectivity index (χ0n) is 8.57. The van der Waals surface area contributed by atoms with E-state index in [9.17, 15) is 0 Å². The lowest BCUT2D eigenvalue weighted by atomic mass is 10.0. The van der Waals surface area contributed by atoms with Gasteiger partial charge in [0.1, 0.15) is 0 Å². The number of hydrogen-bond acceptors (Lipinski definition) is 0. The first-order valence-electron chi connectivity index (χ1n) is 4.56. The lowest BCUT2D eigenvalue weighted by Crippen LogP contribution is -1.87. The van der Waals surface area contributed by atoms with Crippen molar-refractivity contribution < 1.29 is 0 Å². The van der Waals surface area contributed by atoms with Crippen molar-refractivity contribution in [3.63, 3.8) is 0 Å². The molecule has 0 saturated carbocycles. The Kier molecular flexibility index (Phi) is 6.19. The Balaban J connectivity index is 0.000000671. The summed E-state index contributed by atoms with van der Waals surface area (Å²) >= 11 is 11.7. The second-order valence-corrected chi connectivity index (χ2v) is 3.66. The molecule has 0 heterocycles. The van der Waals surface area contributed by atoms with Crippen LogP contribution >= 0.6 is 23.2 Å². The summed E-state index contributed by atoms with van der Waals surface area (Å²) in [6, 6.07) is 5.61. The molecule has 0 nitrogen and oxygen atoms in total. The number of halogens is 2. The maximum Gasteiger partial charge on any atom is 0.0455 e. The Morgan fingerprint density at radius 2 is 1.62 bits per heavy atom. The molecule has 0 atom stereocenters. The van der Waals surface area contributed by atoms with Gasteiger partial charge in [-0.25, -0.2) is 0 Å². The molecule has 74 valence electrons. The molecule has 0 spiro atoms. The maximum absolute atomic E-state index is 5.94. The molecule has 1 aromatic rings. The first-order valence-corrected chi connectivity index (χ1v) is 5.32. The van der Waals surface area contributed by atoms with Gasteiger partial charge in [-0.1, -0.05) is 57.0 Å². The molecule has 0 aliphatic carbocycles. The number of rotatable bonds is 1. The smallest absolute Gasteiger partial charge is 0.0455 e. The van der Waals surface area contributed by atoms with Crippen LogP contribution in [0.5, 0.6) is 0 Å². The Morgan fingerprint density at radius 3 is 2.00 bits per heavy atom. The van der Waals surface area contributed by atoms with Gasteiger partial charge in [-0.05, 0) is 23.6 Å². The molecule has 0 unspecified atom stereocenters. The van der Waals surface area contributed by atoms with Gasteiger partial charge in [-0.3, -0.25) is 0 Å². The molecule has 0 amide bonds. The van der Waals surface area contributed by atoms with E-state index >= 15 is 0 Å². The summed E-state index contributed by atoms with van der Waals surface area (Å²) in [6.07, 6.45) is 0. The Bertz CT molecular complexity index is 254. The standard InChI is InChI=1S/C9H10Cl2.C2H6/c1-6(2)8-4-3-7(10)5-9(8)11;1-2/h3-6H,1-2H3;1-2H3. The van der Waals surface area contributed by atoms with Gasteiger partial charge in [0.05, 0.1) is 0 Å². The number of benzene rings is 1. The van der Waals surface area contributed by atoms with Crippen LogP contribution in [0.25, 0.3) is 0 Å². The maximum atomic E-state index is 5.94. The molecule has 0 bridgehead atoms. The average molecular weight is 219 g/mol.